The van der Waals surface area contributed by atoms with Gasteiger partial charge in [-0.2, -0.15) is 0 Å². The standard InChI is InChI=1S/C18H26N2O3/c21-16(22)9-6-12-19-17(23)20-14-18(10-4-5-11-18)13-15-7-2-1-3-8-15/h1-3,7-8H,4-6,9-14H2,(H,21,22)(H2,19,20,23). The van der Waals surface area contributed by atoms with Crippen LogP contribution >= 0.6 is 0 Å². The lowest BCUT2D eigenvalue weighted by atomic mass is 9.80. The second kappa shape index (κ2) is 8.56. The Morgan fingerprint density at radius 1 is 1.09 bits per heavy atom. The minimum Gasteiger partial charge on any atom is -0.481 e. The van der Waals surface area contributed by atoms with Gasteiger partial charge in [0, 0.05) is 19.5 Å². The van der Waals surface area contributed by atoms with Crippen molar-refractivity contribution >= 4 is 12.0 Å². The summed E-state index contributed by atoms with van der Waals surface area (Å²) in [5.74, 6) is -0.833. The van der Waals surface area contributed by atoms with Crippen LogP contribution in [0.2, 0.25) is 0 Å². The number of urea groups is 1. The molecule has 1 saturated carbocycles. The minimum absolute atomic E-state index is 0.0816. The Morgan fingerprint density at radius 2 is 1.78 bits per heavy atom. The normalized spacial score (nSPS) is 16.0. The number of carboxylic acid groups (broad SMARTS) is 1. The van der Waals surface area contributed by atoms with Crippen molar-refractivity contribution in [1.82, 2.24) is 10.6 Å². The number of carbonyl (C=O) groups excluding carboxylic acids is 1. The number of amides is 2. The second-order valence-electron chi connectivity index (χ2n) is 6.48. The molecule has 5 heteroatoms. The SMILES string of the molecule is O=C(O)CCCNC(=O)NCC1(Cc2ccccc2)CCCC1. The van der Waals surface area contributed by atoms with Gasteiger partial charge >= 0.3 is 12.0 Å². The number of nitrogens with one attached hydrogen (secondary N) is 2. The molecule has 0 unspecified atom stereocenters. The topological polar surface area (TPSA) is 78.4 Å². The van der Waals surface area contributed by atoms with Gasteiger partial charge in [0.2, 0.25) is 0 Å². The molecule has 2 rings (SSSR count). The first-order chi connectivity index (χ1) is 11.1. The maximum atomic E-state index is 11.9. The Bertz CT molecular complexity index is 510. The number of aliphatic carboxylic acids is 1. The van der Waals surface area contributed by atoms with Gasteiger partial charge in [-0.05, 0) is 36.7 Å². The molecule has 1 aromatic carbocycles. The van der Waals surface area contributed by atoms with Crippen LogP contribution in [-0.4, -0.2) is 30.2 Å². The van der Waals surface area contributed by atoms with Crippen LogP contribution in [0.25, 0.3) is 0 Å². The molecule has 0 aliphatic heterocycles. The average molecular weight is 318 g/mol. The van der Waals surface area contributed by atoms with Crippen LogP contribution in [0.4, 0.5) is 4.79 Å². The lowest BCUT2D eigenvalue weighted by Gasteiger charge is -2.29. The third-order valence-electron chi connectivity index (χ3n) is 4.56. The summed E-state index contributed by atoms with van der Waals surface area (Å²) in [6, 6.07) is 10.2. The molecule has 0 bridgehead atoms. The van der Waals surface area contributed by atoms with E-state index in [1.54, 1.807) is 0 Å². The lowest BCUT2D eigenvalue weighted by molar-refractivity contribution is -0.137. The summed E-state index contributed by atoms with van der Waals surface area (Å²) < 4.78 is 0. The molecule has 0 atom stereocenters. The summed E-state index contributed by atoms with van der Waals surface area (Å²) in [5, 5.41) is 14.3. The van der Waals surface area contributed by atoms with E-state index in [4.69, 9.17) is 5.11 Å². The van der Waals surface area contributed by atoms with Crippen LogP contribution < -0.4 is 10.6 Å². The maximum absolute atomic E-state index is 11.9. The van der Waals surface area contributed by atoms with Crippen molar-refractivity contribution in [3.8, 4) is 0 Å². The second-order valence-corrected chi connectivity index (χ2v) is 6.48. The van der Waals surface area contributed by atoms with Crippen molar-refractivity contribution in [3.63, 3.8) is 0 Å². The zero-order valence-electron chi connectivity index (χ0n) is 13.5. The molecule has 1 aliphatic carbocycles. The fourth-order valence-electron chi connectivity index (χ4n) is 3.34. The van der Waals surface area contributed by atoms with E-state index in [9.17, 15) is 9.59 Å². The Kier molecular flexibility index (Phi) is 6.44. The van der Waals surface area contributed by atoms with Crippen LogP contribution in [-0.2, 0) is 11.2 Å². The highest BCUT2D eigenvalue weighted by Crippen LogP contribution is 2.40. The maximum Gasteiger partial charge on any atom is 0.314 e. The summed E-state index contributed by atoms with van der Waals surface area (Å²) in [6.07, 6.45) is 6.25. The molecule has 0 spiro atoms. The number of hydrogen-bond donors (Lipinski definition) is 3. The summed E-state index contributed by atoms with van der Waals surface area (Å²) >= 11 is 0. The van der Waals surface area contributed by atoms with Gasteiger partial charge in [-0.1, -0.05) is 43.2 Å². The number of hydrogen-bond acceptors (Lipinski definition) is 2. The fraction of sp³-hybridized carbons (Fsp3) is 0.556. The first kappa shape index (κ1) is 17.3. The van der Waals surface area contributed by atoms with Crippen molar-refractivity contribution in [1.29, 1.82) is 0 Å². The van der Waals surface area contributed by atoms with E-state index in [-0.39, 0.29) is 17.9 Å². The van der Waals surface area contributed by atoms with E-state index in [1.165, 1.54) is 18.4 Å². The Morgan fingerprint density at radius 3 is 2.43 bits per heavy atom. The van der Waals surface area contributed by atoms with E-state index in [2.05, 4.69) is 34.9 Å². The van der Waals surface area contributed by atoms with Crippen LogP contribution in [0.3, 0.4) is 0 Å². The van der Waals surface area contributed by atoms with Gasteiger partial charge in [-0.15, -0.1) is 0 Å². The number of carboxylic acids is 1. The van der Waals surface area contributed by atoms with Gasteiger partial charge in [0.25, 0.3) is 0 Å². The smallest absolute Gasteiger partial charge is 0.314 e. The van der Waals surface area contributed by atoms with Crippen LogP contribution in [0.15, 0.2) is 30.3 Å². The molecule has 23 heavy (non-hydrogen) atoms. The molecule has 0 aromatic heterocycles. The van der Waals surface area contributed by atoms with Crippen molar-refractivity contribution in [2.45, 2.75) is 44.9 Å². The highest BCUT2D eigenvalue weighted by Gasteiger charge is 2.34. The zero-order valence-corrected chi connectivity index (χ0v) is 13.5. The Hall–Kier alpha value is -2.04. The van der Waals surface area contributed by atoms with E-state index in [1.807, 2.05) is 6.07 Å². The number of rotatable bonds is 8. The van der Waals surface area contributed by atoms with Gasteiger partial charge < -0.3 is 15.7 Å². The predicted molar refractivity (Wildman–Crippen MR) is 89.3 cm³/mol. The lowest BCUT2D eigenvalue weighted by Crippen LogP contribution is -2.43. The van der Waals surface area contributed by atoms with Gasteiger partial charge in [-0.25, -0.2) is 4.79 Å². The van der Waals surface area contributed by atoms with Gasteiger partial charge in [0.05, 0.1) is 0 Å². The molecule has 0 radical (unpaired) electrons. The van der Waals surface area contributed by atoms with Crippen molar-refractivity contribution in [3.05, 3.63) is 35.9 Å². The highest BCUT2D eigenvalue weighted by atomic mass is 16.4. The van der Waals surface area contributed by atoms with Crippen molar-refractivity contribution in [2.24, 2.45) is 5.41 Å². The molecule has 5 nitrogen and oxygen atoms in total. The van der Waals surface area contributed by atoms with Crippen LogP contribution in [0.1, 0.15) is 44.1 Å². The number of benzene rings is 1. The first-order valence-electron chi connectivity index (χ1n) is 8.37. The minimum atomic E-state index is -0.833. The molecular formula is C18H26N2O3. The van der Waals surface area contributed by atoms with E-state index in [0.29, 0.717) is 19.5 Å². The van der Waals surface area contributed by atoms with Gasteiger partial charge in [-0.3, -0.25) is 4.79 Å². The molecule has 126 valence electrons. The van der Waals surface area contributed by atoms with Crippen LogP contribution in [0, 0.1) is 5.41 Å². The van der Waals surface area contributed by atoms with Gasteiger partial charge in [0.1, 0.15) is 0 Å². The first-order valence-corrected chi connectivity index (χ1v) is 8.37. The molecule has 2 amide bonds. The van der Waals surface area contributed by atoms with E-state index in [0.717, 1.165) is 19.3 Å². The summed E-state index contributed by atoms with van der Waals surface area (Å²) in [5.41, 5.74) is 1.47. The largest absolute Gasteiger partial charge is 0.481 e. The third kappa shape index (κ3) is 5.93. The molecule has 0 heterocycles. The monoisotopic (exact) mass is 318 g/mol. The highest BCUT2D eigenvalue weighted by molar-refractivity contribution is 5.74. The average Bonchev–Trinajstić information content (AvgIpc) is 2.99. The summed E-state index contributed by atoms with van der Waals surface area (Å²) in [4.78, 5) is 22.3. The fourth-order valence-corrected chi connectivity index (χ4v) is 3.34. The molecule has 1 aliphatic rings. The quantitative estimate of drug-likeness (QED) is 0.645. The zero-order chi connectivity index (χ0) is 16.5. The molecule has 1 aromatic rings. The Balaban J connectivity index is 1.78. The van der Waals surface area contributed by atoms with E-state index >= 15 is 0 Å². The third-order valence-corrected chi connectivity index (χ3v) is 4.56. The molecule has 0 saturated heterocycles. The molecule has 1 fully saturated rings. The van der Waals surface area contributed by atoms with E-state index < -0.39 is 5.97 Å². The molecular weight excluding hydrogens is 292 g/mol. The van der Waals surface area contributed by atoms with Crippen molar-refractivity contribution in [2.75, 3.05) is 13.1 Å². The summed E-state index contributed by atoms with van der Waals surface area (Å²) in [7, 11) is 0. The Labute approximate surface area is 137 Å². The predicted octanol–water partition coefficient (Wildman–Crippen LogP) is 2.95. The van der Waals surface area contributed by atoms with Crippen molar-refractivity contribution < 1.29 is 14.7 Å². The van der Waals surface area contributed by atoms with Crippen LogP contribution in [0.5, 0.6) is 0 Å². The van der Waals surface area contributed by atoms with Gasteiger partial charge in [0.15, 0.2) is 0 Å². The number of carbonyl (C=O) groups is 2. The molecule has 3 N–H and O–H groups in total. The summed E-state index contributed by atoms with van der Waals surface area (Å²) in [6.45, 7) is 1.07.